The van der Waals surface area contributed by atoms with Crippen molar-refractivity contribution in [2.45, 2.75) is 34.2 Å². The van der Waals surface area contributed by atoms with Crippen molar-refractivity contribution in [1.82, 2.24) is 4.57 Å². The second kappa shape index (κ2) is 6.40. The summed E-state index contributed by atoms with van der Waals surface area (Å²) in [6.07, 6.45) is 1.99. The van der Waals surface area contributed by atoms with Crippen LogP contribution in [0.3, 0.4) is 0 Å². The second-order valence-electron chi connectivity index (χ2n) is 6.20. The number of aryl methyl sites for hydroxylation is 4. The molecular formula is C20H23N3O. The lowest BCUT2D eigenvalue weighted by Crippen LogP contribution is -2.20. The number of aromatic nitrogens is 1. The lowest BCUT2D eigenvalue weighted by atomic mass is 10.1. The summed E-state index contributed by atoms with van der Waals surface area (Å²) in [5.41, 5.74) is 6.15. The summed E-state index contributed by atoms with van der Waals surface area (Å²) in [6.45, 7) is 9.04. The Morgan fingerprint density at radius 3 is 2.38 bits per heavy atom. The Balaban J connectivity index is 1.86. The third kappa shape index (κ3) is 3.00. The highest BCUT2D eigenvalue weighted by atomic mass is 16.2. The number of anilines is 2. The van der Waals surface area contributed by atoms with Gasteiger partial charge in [0.15, 0.2) is 0 Å². The maximum atomic E-state index is 12.5. The molecule has 0 atom stereocenters. The average molecular weight is 321 g/mol. The van der Waals surface area contributed by atoms with Crippen LogP contribution in [0.15, 0.2) is 42.6 Å². The highest BCUT2D eigenvalue weighted by Crippen LogP contribution is 2.27. The number of carbonyl (C=O) groups is 1. The molecule has 0 saturated carbocycles. The fourth-order valence-corrected chi connectivity index (χ4v) is 3.25. The summed E-state index contributed by atoms with van der Waals surface area (Å²) in [7, 11) is 0. The van der Waals surface area contributed by atoms with E-state index in [2.05, 4.69) is 47.2 Å². The quantitative estimate of drug-likeness (QED) is 0.681. The first-order valence-electron chi connectivity index (χ1n) is 8.23. The highest BCUT2D eigenvalue weighted by Gasteiger charge is 2.12. The van der Waals surface area contributed by atoms with Crippen molar-refractivity contribution in [3.63, 3.8) is 0 Å². The van der Waals surface area contributed by atoms with Gasteiger partial charge in [-0.25, -0.2) is 4.79 Å². The standard InChI is InChI=1S/C20H23N3O/c1-5-23-12-17(16-8-6-7-9-18(16)23)21-20(24)22-19-14(3)10-13(2)11-15(19)4/h6-12H,5H2,1-4H3,(H2,21,22,24). The number of nitrogens with zero attached hydrogens (tertiary/aromatic N) is 1. The maximum absolute atomic E-state index is 12.5. The van der Waals surface area contributed by atoms with Crippen molar-refractivity contribution in [3.8, 4) is 0 Å². The molecule has 0 bridgehead atoms. The lowest BCUT2D eigenvalue weighted by Gasteiger charge is -2.13. The number of hydrogen-bond donors (Lipinski definition) is 2. The number of para-hydroxylation sites is 1. The van der Waals surface area contributed by atoms with E-state index in [9.17, 15) is 4.79 Å². The van der Waals surface area contributed by atoms with Crippen molar-refractivity contribution < 1.29 is 4.79 Å². The summed E-state index contributed by atoms with van der Waals surface area (Å²) < 4.78 is 2.13. The number of fused-ring (bicyclic) bond motifs is 1. The normalized spacial score (nSPS) is 10.8. The van der Waals surface area contributed by atoms with Gasteiger partial charge in [0.2, 0.25) is 0 Å². The van der Waals surface area contributed by atoms with Crippen LogP contribution in [0.4, 0.5) is 16.2 Å². The highest BCUT2D eigenvalue weighted by molar-refractivity contribution is 6.06. The second-order valence-corrected chi connectivity index (χ2v) is 6.20. The molecule has 2 N–H and O–H groups in total. The van der Waals surface area contributed by atoms with Crippen molar-refractivity contribution in [3.05, 3.63) is 59.3 Å². The fourth-order valence-electron chi connectivity index (χ4n) is 3.25. The van der Waals surface area contributed by atoms with Gasteiger partial charge in [0.05, 0.1) is 11.2 Å². The molecule has 0 spiro atoms. The fraction of sp³-hybridized carbons (Fsp3) is 0.250. The molecule has 3 aromatic rings. The summed E-state index contributed by atoms with van der Waals surface area (Å²) in [6, 6.07) is 12.0. The van der Waals surface area contributed by atoms with Gasteiger partial charge < -0.3 is 15.2 Å². The molecule has 1 aromatic heterocycles. The summed E-state index contributed by atoms with van der Waals surface area (Å²) in [4.78, 5) is 12.5. The molecule has 4 nitrogen and oxygen atoms in total. The average Bonchev–Trinajstić information content (AvgIpc) is 2.89. The molecule has 2 amide bonds. The minimum Gasteiger partial charge on any atom is -0.346 e. The molecule has 3 rings (SSSR count). The molecule has 0 radical (unpaired) electrons. The van der Waals surface area contributed by atoms with Gasteiger partial charge in [-0.15, -0.1) is 0 Å². The number of benzene rings is 2. The molecule has 0 saturated heterocycles. The van der Waals surface area contributed by atoms with E-state index in [0.717, 1.165) is 39.9 Å². The molecule has 0 aliphatic heterocycles. The first-order valence-corrected chi connectivity index (χ1v) is 8.23. The SMILES string of the molecule is CCn1cc(NC(=O)Nc2c(C)cc(C)cc2C)c2ccccc21. The van der Waals surface area contributed by atoms with Gasteiger partial charge in [-0.3, -0.25) is 0 Å². The van der Waals surface area contributed by atoms with E-state index in [1.165, 1.54) is 5.56 Å². The molecule has 0 unspecified atom stereocenters. The molecule has 0 aliphatic carbocycles. The monoisotopic (exact) mass is 321 g/mol. The van der Waals surface area contributed by atoms with Gasteiger partial charge >= 0.3 is 6.03 Å². The van der Waals surface area contributed by atoms with Gasteiger partial charge in [-0.05, 0) is 44.9 Å². The first kappa shape index (κ1) is 16.1. The number of carbonyl (C=O) groups excluding carboxylic acids is 1. The Labute approximate surface area is 142 Å². The lowest BCUT2D eigenvalue weighted by molar-refractivity contribution is 0.262. The van der Waals surface area contributed by atoms with Crippen LogP contribution in [0.2, 0.25) is 0 Å². The van der Waals surface area contributed by atoms with Crippen molar-refractivity contribution in [1.29, 1.82) is 0 Å². The third-order valence-electron chi connectivity index (χ3n) is 4.29. The maximum Gasteiger partial charge on any atom is 0.323 e. The summed E-state index contributed by atoms with van der Waals surface area (Å²) in [5.74, 6) is 0. The van der Waals surface area contributed by atoms with Crippen molar-refractivity contribution in [2.75, 3.05) is 10.6 Å². The Morgan fingerprint density at radius 2 is 1.71 bits per heavy atom. The van der Waals surface area contributed by atoms with E-state index in [4.69, 9.17) is 0 Å². The molecule has 2 aromatic carbocycles. The molecule has 0 fully saturated rings. The van der Waals surface area contributed by atoms with E-state index in [0.29, 0.717) is 0 Å². The van der Waals surface area contributed by atoms with Crippen LogP contribution in [0.5, 0.6) is 0 Å². The number of rotatable bonds is 3. The van der Waals surface area contributed by atoms with Gasteiger partial charge in [-0.1, -0.05) is 35.9 Å². The zero-order chi connectivity index (χ0) is 17.3. The van der Waals surface area contributed by atoms with E-state index >= 15 is 0 Å². The molecular weight excluding hydrogens is 298 g/mol. The smallest absolute Gasteiger partial charge is 0.323 e. The molecule has 4 heteroatoms. The van der Waals surface area contributed by atoms with Gasteiger partial charge in [-0.2, -0.15) is 0 Å². The van der Waals surface area contributed by atoms with Crippen molar-refractivity contribution in [2.24, 2.45) is 0 Å². The van der Waals surface area contributed by atoms with Gasteiger partial charge in [0, 0.05) is 23.8 Å². The third-order valence-corrected chi connectivity index (χ3v) is 4.29. The van der Waals surface area contributed by atoms with Crippen molar-refractivity contribution >= 4 is 28.3 Å². The van der Waals surface area contributed by atoms with E-state index in [1.807, 2.05) is 38.2 Å². The zero-order valence-electron chi connectivity index (χ0n) is 14.6. The van der Waals surface area contributed by atoms with Crippen LogP contribution in [0, 0.1) is 20.8 Å². The number of hydrogen-bond acceptors (Lipinski definition) is 1. The predicted molar refractivity (Wildman–Crippen MR) is 101 cm³/mol. The van der Waals surface area contributed by atoms with Crippen LogP contribution in [-0.4, -0.2) is 10.6 Å². The minimum atomic E-state index is -0.218. The number of nitrogens with one attached hydrogen (secondary N) is 2. The zero-order valence-corrected chi connectivity index (χ0v) is 14.6. The van der Waals surface area contributed by atoms with Crippen LogP contribution in [0.1, 0.15) is 23.6 Å². The van der Waals surface area contributed by atoms with E-state index in [-0.39, 0.29) is 6.03 Å². The molecule has 124 valence electrons. The van der Waals surface area contributed by atoms with Crippen LogP contribution < -0.4 is 10.6 Å². The van der Waals surface area contributed by atoms with E-state index in [1.54, 1.807) is 0 Å². The Hall–Kier alpha value is -2.75. The first-order chi connectivity index (χ1) is 11.5. The number of amides is 2. The summed E-state index contributed by atoms with van der Waals surface area (Å²) >= 11 is 0. The molecule has 24 heavy (non-hydrogen) atoms. The largest absolute Gasteiger partial charge is 0.346 e. The molecule has 0 aliphatic rings. The van der Waals surface area contributed by atoms with Crippen LogP contribution >= 0.6 is 0 Å². The Bertz CT molecular complexity index is 885. The minimum absolute atomic E-state index is 0.218. The number of urea groups is 1. The topological polar surface area (TPSA) is 46.1 Å². The Morgan fingerprint density at radius 1 is 1.04 bits per heavy atom. The van der Waals surface area contributed by atoms with Crippen LogP contribution in [0.25, 0.3) is 10.9 Å². The van der Waals surface area contributed by atoms with E-state index < -0.39 is 0 Å². The van der Waals surface area contributed by atoms with Gasteiger partial charge in [0.1, 0.15) is 0 Å². The molecule has 1 heterocycles. The summed E-state index contributed by atoms with van der Waals surface area (Å²) in [5, 5.41) is 7.02. The Kier molecular flexibility index (Phi) is 4.30. The van der Waals surface area contributed by atoms with Crippen LogP contribution in [-0.2, 0) is 6.54 Å². The predicted octanol–water partition coefficient (Wildman–Crippen LogP) is 5.23. The van der Waals surface area contributed by atoms with Gasteiger partial charge in [0.25, 0.3) is 0 Å².